The lowest BCUT2D eigenvalue weighted by Gasteiger charge is -2.13. The highest BCUT2D eigenvalue weighted by Crippen LogP contribution is 2.30. The fourth-order valence-electron chi connectivity index (χ4n) is 3.47. The molecule has 2 heterocycles. The second-order valence-electron chi connectivity index (χ2n) is 8.45. The summed E-state index contributed by atoms with van der Waals surface area (Å²) in [6.45, 7) is 6.32. The number of ketones is 1. The van der Waals surface area contributed by atoms with Crippen LogP contribution in [0.15, 0.2) is 53.8 Å². The maximum Gasteiger partial charge on any atom is 0.261 e. The van der Waals surface area contributed by atoms with Crippen molar-refractivity contribution in [2.75, 3.05) is 16.6 Å². The van der Waals surface area contributed by atoms with Crippen molar-refractivity contribution in [2.45, 2.75) is 25.7 Å². The van der Waals surface area contributed by atoms with Gasteiger partial charge in [-0.25, -0.2) is 27.2 Å². The molecule has 0 radical (unpaired) electrons. The molecule has 0 aliphatic carbocycles. The summed E-state index contributed by atoms with van der Waals surface area (Å²) >= 11 is 0. The van der Waals surface area contributed by atoms with Crippen molar-refractivity contribution in [3.05, 3.63) is 77.2 Å². The number of aryl methyl sites for hydroxylation is 1. The number of benzene rings is 2. The molecule has 0 fully saturated rings. The zero-order valence-corrected chi connectivity index (χ0v) is 20.0. The van der Waals surface area contributed by atoms with Gasteiger partial charge in [0, 0.05) is 12.7 Å². The minimum absolute atomic E-state index is 0.0526. The maximum absolute atomic E-state index is 15.4. The van der Waals surface area contributed by atoms with Gasteiger partial charge in [-0.3, -0.25) is 9.52 Å². The van der Waals surface area contributed by atoms with Crippen LogP contribution in [0.5, 0.6) is 0 Å². The topological polar surface area (TPSA) is 117 Å². The third-order valence-corrected chi connectivity index (χ3v) is 6.67. The summed E-state index contributed by atoms with van der Waals surface area (Å²) in [4.78, 5) is 24.3. The molecule has 0 bridgehead atoms. The number of rotatable bonds is 8. The number of aromatic amines is 1. The molecule has 2 aromatic heterocycles. The summed E-state index contributed by atoms with van der Waals surface area (Å²) in [5, 5.41) is 3.39. The highest BCUT2D eigenvalue weighted by atomic mass is 32.2. The molecule has 0 spiro atoms. The van der Waals surface area contributed by atoms with Crippen LogP contribution in [0, 0.1) is 24.5 Å². The van der Waals surface area contributed by atoms with Crippen LogP contribution in [-0.2, 0) is 10.0 Å². The van der Waals surface area contributed by atoms with Gasteiger partial charge < -0.3 is 10.3 Å². The Morgan fingerprint density at radius 1 is 1.09 bits per heavy atom. The maximum atomic E-state index is 15.4. The van der Waals surface area contributed by atoms with Crippen molar-refractivity contribution in [3.63, 3.8) is 0 Å². The summed E-state index contributed by atoms with van der Waals surface area (Å²) in [5.41, 5.74) is -0.345. The fraction of sp³-hybridized carbons (Fsp3) is 0.208. The minimum Gasteiger partial charge on any atom is -0.369 e. The lowest BCUT2D eigenvalue weighted by atomic mass is 10.0. The Labute approximate surface area is 200 Å². The first-order valence-electron chi connectivity index (χ1n) is 10.8. The third kappa shape index (κ3) is 4.85. The number of hydrogen-bond acceptors (Lipinski definition) is 6. The van der Waals surface area contributed by atoms with Gasteiger partial charge in [0.25, 0.3) is 10.0 Å². The van der Waals surface area contributed by atoms with Crippen LogP contribution in [0.4, 0.5) is 20.3 Å². The largest absolute Gasteiger partial charge is 0.369 e. The summed E-state index contributed by atoms with van der Waals surface area (Å²) in [7, 11) is -4.18. The van der Waals surface area contributed by atoms with E-state index in [4.69, 9.17) is 0 Å². The Morgan fingerprint density at radius 3 is 2.49 bits per heavy atom. The molecule has 0 aliphatic heterocycles. The number of fused-ring (bicyclic) bond motifs is 1. The van der Waals surface area contributed by atoms with Crippen LogP contribution >= 0.6 is 0 Å². The van der Waals surface area contributed by atoms with E-state index in [9.17, 15) is 17.6 Å². The molecule has 35 heavy (non-hydrogen) atoms. The molecule has 8 nitrogen and oxygen atoms in total. The summed E-state index contributed by atoms with van der Waals surface area (Å²) in [6, 6.07) is 7.68. The quantitative estimate of drug-likeness (QED) is 0.304. The first-order chi connectivity index (χ1) is 16.6. The van der Waals surface area contributed by atoms with Crippen molar-refractivity contribution in [3.8, 4) is 0 Å². The molecular weight excluding hydrogens is 476 g/mol. The van der Waals surface area contributed by atoms with Crippen molar-refractivity contribution in [1.82, 2.24) is 15.0 Å². The SMILES string of the molecule is Cc1ccc(S(=O)(=O)Nc2ccc(F)c(C(=O)c3c[nH]c4ncnc(NCC(C)C)c34)c2F)cc1. The van der Waals surface area contributed by atoms with Gasteiger partial charge in [0.1, 0.15) is 23.6 Å². The normalized spacial score (nSPS) is 11.7. The molecule has 0 saturated carbocycles. The van der Waals surface area contributed by atoms with E-state index >= 15 is 4.39 Å². The molecule has 182 valence electrons. The third-order valence-electron chi connectivity index (χ3n) is 5.29. The Hall–Kier alpha value is -3.86. The molecule has 0 amide bonds. The molecule has 3 N–H and O–H groups in total. The van der Waals surface area contributed by atoms with E-state index in [1.165, 1.54) is 24.7 Å². The Morgan fingerprint density at radius 2 is 1.80 bits per heavy atom. The number of halogens is 2. The number of anilines is 2. The van der Waals surface area contributed by atoms with E-state index in [1.54, 1.807) is 19.1 Å². The molecule has 0 aliphatic rings. The first-order valence-corrected chi connectivity index (χ1v) is 12.2. The summed E-state index contributed by atoms with van der Waals surface area (Å²) in [5.74, 6) is -2.83. The van der Waals surface area contributed by atoms with Crippen molar-refractivity contribution < 1.29 is 22.0 Å². The van der Waals surface area contributed by atoms with Crippen molar-refractivity contribution >= 4 is 38.3 Å². The van der Waals surface area contributed by atoms with Gasteiger partial charge >= 0.3 is 0 Å². The van der Waals surface area contributed by atoms with Crippen LogP contribution in [0.25, 0.3) is 11.0 Å². The van der Waals surface area contributed by atoms with Crippen LogP contribution in [0.1, 0.15) is 35.3 Å². The number of H-pyrrole nitrogens is 1. The standard InChI is InChI=1S/C24H23F2N5O3S/c1-13(2)10-27-23-19-16(11-28-24(19)30-12-29-23)22(32)20-17(25)8-9-18(21(20)26)31-35(33,34)15-6-4-14(3)5-7-15/h4-9,11-13,31H,10H2,1-3H3,(H2,27,28,29,30). The van der Waals surface area contributed by atoms with Crippen LogP contribution < -0.4 is 10.0 Å². The number of aromatic nitrogens is 3. The van der Waals surface area contributed by atoms with Gasteiger partial charge in [-0.15, -0.1) is 0 Å². The van der Waals surface area contributed by atoms with E-state index in [0.29, 0.717) is 18.0 Å². The average Bonchev–Trinajstić information content (AvgIpc) is 3.24. The zero-order chi connectivity index (χ0) is 25.3. The smallest absolute Gasteiger partial charge is 0.261 e. The van der Waals surface area contributed by atoms with Crippen molar-refractivity contribution in [2.24, 2.45) is 5.92 Å². The molecule has 0 atom stereocenters. The molecule has 0 saturated heterocycles. The number of nitrogens with one attached hydrogen (secondary N) is 3. The van der Waals surface area contributed by atoms with Gasteiger partial charge in [-0.1, -0.05) is 31.5 Å². The number of sulfonamides is 1. The number of nitrogens with zero attached hydrogens (tertiary/aromatic N) is 2. The van der Waals surface area contributed by atoms with Crippen LogP contribution in [-0.4, -0.2) is 35.7 Å². The van der Waals surface area contributed by atoms with Crippen LogP contribution in [0.3, 0.4) is 0 Å². The van der Waals surface area contributed by atoms with Gasteiger partial charge in [-0.05, 0) is 37.1 Å². The van der Waals surface area contributed by atoms with E-state index in [2.05, 4.69) is 25.0 Å². The number of hydrogen-bond donors (Lipinski definition) is 3. The van der Waals surface area contributed by atoms with Gasteiger partial charge in [0.05, 0.1) is 27.1 Å². The lowest BCUT2D eigenvalue weighted by molar-refractivity contribution is 0.103. The molecule has 4 rings (SSSR count). The van der Waals surface area contributed by atoms with E-state index in [0.717, 1.165) is 17.7 Å². The highest BCUT2D eigenvalue weighted by molar-refractivity contribution is 7.92. The van der Waals surface area contributed by atoms with E-state index < -0.39 is 38.7 Å². The second-order valence-corrected chi connectivity index (χ2v) is 10.1. The van der Waals surface area contributed by atoms with Crippen molar-refractivity contribution in [1.29, 1.82) is 0 Å². The monoisotopic (exact) mass is 499 g/mol. The highest BCUT2D eigenvalue weighted by Gasteiger charge is 2.27. The summed E-state index contributed by atoms with van der Waals surface area (Å²) < 4.78 is 57.7. The molecule has 4 aromatic rings. The predicted octanol–water partition coefficient (Wildman–Crippen LogP) is 4.64. The second kappa shape index (κ2) is 9.41. The molecular formula is C24H23F2N5O3S. The summed E-state index contributed by atoms with van der Waals surface area (Å²) in [6.07, 6.45) is 2.60. The van der Waals surface area contributed by atoms with Crippen LogP contribution in [0.2, 0.25) is 0 Å². The molecule has 2 aromatic carbocycles. The fourth-order valence-corrected chi connectivity index (χ4v) is 4.53. The molecule has 11 heteroatoms. The Bertz CT molecular complexity index is 1520. The minimum atomic E-state index is -4.18. The van der Waals surface area contributed by atoms with Gasteiger partial charge in [-0.2, -0.15) is 0 Å². The number of carbonyl (C=O) groups excluding carboxylic acids is 1. The van der Waals surface area contributed by atoms with E-state index in [1.807, 2.05) is 13.8 Å². The van der Waals surface area contributed by atoms with Gasteiger partial charge in [0.2, 0.25) is 5.78 Å². The lowest BCUT2D eigenvalue weighted by Crippen LogP contribution is -2.16. The van der Waals surface area contributed by atoms with Gasteiger partial charge in [0.15, 0.2) is 5.82 Å². The molecule has 0 unspecified atom stereocenters. The average molecular weight is 500 g/mol. The first kappa shape index (κ1) is 24.3. The zero-order valence-electron chi connectivity index (χ0n) is 19.2. The number of carbonyl (C=O) groups is 1. The van der Waals surface area contributed by atoms with E-state index in [-0.39, 0.29) is 21.8 Å². The Kier molecular flexibility index (Phi) is 6.53. The predicted molar refractivity (Wildman–Crippen MR) is 129 cm³/mol. The Balaban J connectivity index is 1.75.